The van der Waals surface area contributed by atoms with Crippen LogP contribution in [0.4, 0.5) is 5.69 Å². The predicted molar refractivity (Wildman–Crippen MR) is 87.6 cm³/mol. The highest BCUT2D eigenvalue weighted by Gasteiger charge is 2.41. The van der Waals surface area contributed by atoms with Gasteiger partial charge in [-0.25, -0.2) is 0 Å². The van der Waals surface area contributed by atoms with E-state index in [4.69, 9.17) is 5.11 Å². The van der Waals surface area contributed by atoms with Crippen molar-refractivity contribution in [2.45, 2.75) is 45.1 Å². The van der Waals surface area contributed by atoms with Gasteiger partial charge in [0.25, 0.3) is 0 Å². The Hall–Kier alpha value is -1.06. The minimum absolute atomic E-state index is 0.326. The van der Waals surface area contributed by atoms with E-state index in [-0.39, 0.29) is 0 Å². The third-order valence-electron chi connectivity index (χ3n) is 5.09. The molecule has 1 aromatic carbocycles. The molecule has 0 amide bonds. The molecule has 1 aliphatic carbocycles. The maximum absolute atomic E-state index is 9.08. The molecule has 2 N–H and O–H groups in total. The lowest BCUT2D eigenvalue weighted by molar-refractivity contribution is 0.245. The highest BCUT2D eigenvalue weighted by Crippen LogP contribution is 2.47. The Bertz CT molecular complexity index is 433. The van der Waals surface area contributed by atoms with Crippen LogP contribution in [-0.4, -0.2) is 31.3 Å². The molecule has 0 bridgehead atoms. The van der Waals surface area contributed by atoms with Gasteiger partial charge in [-0.15, -0.1) is 0 Å². The zero-order valence-corrected chi connectivity index (χ0v) is 13.0. The van der Waals surface area contributed by atoms with Crippen molar-refractivity contribution in [1.29, 1.82) is 0 Å². The van der Waals surface area contributed by atoms with Crippen LogP contribution in [0.25, 0.3) is 0 Å². The number of aliphatic hydroxyl groups excluding tert-OH is 1. The van der Waals surface area contributed by atoms with Crippen LogP contribution in [0.5, 0.6) is 0 Å². The van der Waals surface area contributed by atoms with E-state index in [1.807, 2.05) is 0 Å². The summed E-state index contributed by atoms with van der Waals surface area (Å²) in [5.41, 5.74) is 3.13. The van der Waals surface area contributed by atoms with Gasteiger partial charge in [0.2, 0.25) is 0 Å². The molecule has 0 atom stereocenters. The molecule has 0 aromatic heterocycles. The average molecular weight is 288 g/mol. The number of hydrogen-bond acceptors (Lipinski definition) is 3. The van der Waals surface area contributed by atoms with Crippen LogP contribution in [0, 0.1) is 5.41 Å². The van der Waals surface area contributed by atoms with E-state index >= 15 is 0 Å². The summed E-state index contributed by atoms with van der Waals surface area (Å²) in [6.07, 6.45) is 7.54. The van der Waals surface area contributed by atoms with Crippen molar-refractivity contribution in [2.24, 2.45) is 5.41 Å². The number of piperidine rings is 1. The Morgan fingerprint density at radius 1 is 1.05 bits per heavy atom. The summed E-state index contributed by atoms with van der Waals surface area (Å²) in [5, 5.41) is 12.6. The molecular weight excluding hydrogens is 260 g/mol. The molecule has 1 aromatic rings. The molecule has 2 aliphatic rings. The second kappa shape index (κ2) is 6.80. The lowest BCUT2D eigenvalue weighted by Gasteiger charge is -2.28. The van der Waals surface area contributed by atoms with Crippen molar-refractivity contribution in [2.75, 3.05) is 31.1 Å². The van der Waals surface area contributed by atoms with Gasteiger partial charge in [0.1, 0.15) is 0 Å². The van der Waals surface area contributed by atoms with Gasteiger partial charge in [-0.2, -0.15) is 0 Å². The van der Waals surface area contributed by atoms with Gasteiger partial charge < -0.3 is 15.3 Å². The van der Waals surface area contributed by atoms with E-state index in [0.29, 0.717) is 12.0 Å². The first-order valence-electron chi connectivity index (χ1n) is 8.47. The quantitative estimate of drug-likeness (QED) is 0.810. The molecular formula is C18H28N2O. The Kier molecular flexibility index (Phi) is 4.81. The molecule has 116 valence electrons. The average Bonchev–Trinajstić information content (AvgIpc) is 3.29. The fourth-order valence-corrected chi connectivity index (χ4v) is 3.38. The van der Waals surface area contributed by atoms with Crippen molar-refractivity contribution in [3.8, 4) is 0 Å². The molecule has 0 spiro atoms. The maximum Gasteiger partial charge on any atom is 0.0436 e. The molecule has 1 saturated carbocycles. The van der Waals surface area contributed by atoms with Crippen molar-refractivity contribution < 1.29 is 5.11 Å². The van der Waals surface area contributed by atoms with Gasteiger partial charge in [0.05, 0.1) is 0 Å². The standard InChI is InChI=1S/C18H28N2O/c21-13-10-18(8-9-18)15-19-14-16-4-6-17(7-5-16)20-11-2-1-3-12-20/h4-7,19,21H,1-3,8-15H2. The number of benzene rings is 1. The maximum atomic E-state index is 9.08. The Morgan fingerprint density at radius 3 is 2.38 bits per heavy atom. The summed E-state index contributed by atoms with van der Waals surface area (Å²) in [5.74, 6) is 0. The van der Waals surface area contributed by atoms with E-state index in [0.717, 1.165) is 19.5 Å². The smallest absolute Gasteiger partial charge is 0.0436 e. The van der Waals surface area contributed by atoms with E-state index in [2.05, 4.69) is 34.5 Å². The topological polar surface area (TPSA) is 35.5 Å². The summed E-state index contributed by atoms with van der Waals surface area (Å²) in [7, 11) is 0. The van der Waals surface area contributed by atoms with E-state index in [1.165, 1.54) is 56.4 Å². The van der Waals surface area contributed by atoms with E-state index in [1.54, 1.807) is 0 Å². The number of nitrogens with one attached hydrogen (secondary N) is 1. The minimum atomic E-state index is 0.326. The van der Waals surface area contributed by atoms with Crippen LogP contribution in [0.2, 0.25) is 0 Å². The van der Waals surface area contributed by atoms with Crippen LogP contribution in [0.3, 0.4) is 0 Å². The van der Waals surface area contributed by atoms with E-state index < -0.39 is 0 Å². The number of hydrogen-bond donors (Lipinski definition) is 2. The molecule has 3 rings (SSSR count). The highest BCUT2D eigenvalue weighted by atomic mass is 16.3. The summed E-state index contributed by atoms with van der Waals surface area (Å²) < 4.78 is 0. The van der Waals surface area contributed by atoms with E-state index in [9.17, 15) is 0 Å². The molecule has 3 heteroatoms. The minimum Gasteiger partial charge on any atom is -0.396 e. The van der Waals surface area contributed by atoms with Gasteiger partial charge in [0.15, 0.2) is 0 Å². The van der Waals surface area contributed by atoms with Crippen LogP contribution < -0.4 is 10.2 Å². The zero-order valence-electron chi connectivity index (χ0n) is 13.0. The summed E-state index contributed by atoms with van der Waals surface area (Å²) >= 11 is 0. The van der Waals surface area contributed by atoms with Gasteiger partial charge in [-0.3, -0.25) is 0 Å². The zero-order chi connectivity index (χ0) is 14.5. The molecule has 21 heavy (non-hydrogen) atoms. The SMILES string of the molecule is OCCC1(CNCc2ccc(N3CCCCC3)cc2)CC1. The number of aliphatic hydroxyl groups is 1. The second-order valence-corrected chi connectivity index (χ2v) is 6.79. The molecule has 0 unspecified atom stereocenters. The molecule has 2 fully saturated rings. The molecule has 3 nitrogen and oxygen atoms in total. The first kappa shape index (κ1) is 14.9. The number of anilines is 1. The fourth-order valence-electron chi connectivity index (χ4n) is 3.38. The van der Waals surface area contributed by atoms with Crippen LogP contribution >= 0.6 is 0 Å². The molecule has 1 heterocycles. The van der Waals surface area contributed by atoms with Crippen molar-refractivity contribution in [3.05, 3.63) is 29.8 Å². The van der Waals surface area contributed by atoms with Crippen molar-refractivity contribution in [3.63, 3.8) is 0 Å². The third-order valence-corrected chi connectivity index (χ3v) is 5.09. The number of nitrogens with zero attached hydrogens (tertiary/aromatic N) is 1. The Balaban J connectivity index is 1.46. The second-order valence-electron chi connectivity index (χ2n) is 6.79. The van der Waals surface area contributed by atoms with Crippen LogP contribution in [0.15, 0.2) is 24.3 Å². The number of rotatable bonds is 7. The largest absolute Gasteiger partial charge is 0.396 e. The summed E-state index contributed by atoms with van der Waals surface area (Å²) in [6, 6.07) is 9.04. The highest BCUT2D eigenvalue weighted by molar-refractivity contribution is 5.47. The third kappa shape index (κ3) is 3.98. The molecule has 1 aliphatic heterocycles. The normalized spacial score (nSPS) is 20.5. The summed E-state index contributed by atoms with van der Waals surface area (Å²) in [6.45, 7) is 4.73. The van der Waals surface area contributed by atoms with Gasteiger partial charge in [-0.1, -0.05) is 12.1 Å². The first-order chi connectivity index (χ1) is 10.3. The fraction of sp³-hybridized carbons (Fsp3) is 0.667. The first-order valence-corrected chi connectivity index (χ1v) is 8.47. The lowest BCUT2D eigenvalue weighted by atomic mass is 10.0. The monoisotopic (exact) mass is 288 g/mol. The van der Waals surface area contributed by atoms with Crippen LogP contribution in [-0.2, 0) is 6.54 Å². The van der Waals surface area contributed by atoms with Gasteiger partial charge in [-0.05, 0) is 61.6 Å². The van der Waals surface area contributed by atoms with Crippen molar-refractivity contribution >= 4 is 5.69 Å². The molecule has 1 saturated heterocycles. The molecule has 0 radical (unpaired) electrons. The van der Waals surface area contributed by atoms with Crippen LogP contribution in [0.1, 0.15) is 44.1 Å². The predicted octanol–water partition coefficient (Wildman–Crippen LogP) is 2.93. The lowest BCUT2D eigenvalue weighted by Crippen LogP contribution is -2.29. The Morgan fingerprint density at radius 2 is 1.76 bits per heavy atom. The van der Waals surface area contributed by atoms with Crippen molar-refractivity contribution in [1.82, 2.24) is 5.32 Å². The van der Waals surface area contributed by atoms with Gasteiger partial charge in [0, 0.05) is 38.5 Å². The summed E-state index contributed by atoms with van der Waals surface area (Å²) in [4.78, 5) is 2.50. The van der Waals surface area contributed by atoms with Gasteiger partial charge >= 0.3 is 0 Å². The Labute approximate surface area is 128 Å².